The van der Waals surface area contributed by atoms with Crippen LogP contribution in [0, 0.1) is 5.82 Å². The van der Waals surface area contributed by atoms with E-state index >= 15 is 0 Å². The van der Waals surface area contributed by atoms with Crippen molar-refractivity contribution in [3.05, 3.63) is 64.4 Å². The number of nitrogens with one attached hydrogen (secondary N) is 2. The monoisotopic (exact) mass is 306 g/mol. The number of benzene rings is 2. The minimum absolute atomic E-state index is 0.120. The van der Waals surface area contributed by atoms with Gasteiger partial charge < -0.3 is 10.6 Å². The largest absolute Gasteiger partial charge is 0.322 e. The summed E-state index contributed by atoms with van der Waals surface area (Å²) >= 11 is 5.83. The summed E-state index contributed by atoms with van der Waals surface area (Å²) in [6, 6.07) is 11.6. The summed E-state index contributed by atoms with van der Waals surface area (Å²) in [6.45, 7) is 3.48. The molecule has 0 aromatic heterocycles. The van der Waals surface area contributed by atoms with Gasteiger partial charge in [-0.3, -0.25) is 4.79 Å². The van der Waals surface area contributed by atoms with Crippen molar-refractivity contribution in [2.75, 3.05) is 11.9 Å². The Hall–Kier alpha value is -1.91. The Labute approximate surface area is 128 Å². The molecule has 2 aromatic carbocycles. The van der Waals surface area contributed by atoms with Crippen LogP contribution in [0.4, 0.5) is 10.1 Å². The lowest BCUT2D eigenvalue weighted by atomic mass is 10.1. The molecule has 0 bridgehead atoms. The van der Waals surface area contributed by atoms with Crippen LogP contribution in [0.15, 0.2) is 42.5 Å². The van der Waals surface area contributed by atoms with Gasteiger partial charge in [0.05, 0.1) is 10.6 Å². The van der Waals surface area contributed by atoms with E-state index in [0.717, 1.165) is 12.1 Å². The van der Waals surface area contributed by atoms with Crippen LogP contribution in [0.1, 0.15) is 22.8 Å². The first-order chi connectivity index (χ1) is 10.1. The number of carbonyl (C=O) groups is 1. The van der Waals surface area contributed by atoms with E-state index in [1.165, 1.54) is 18.2 Å². The third-order valence-electron chi connectivity index (χ3n) is 3.03. The fraction of sp³-hybridized carbons (Fsp3) is 0.188. The number of amides is 1. The molecule has 0 aliphatic heterocycles. The first-order valence-electron chi connectivity index (χ1n) is 6.67. The predicted octanol–water partition coefficient (Wildman–Crippen LogP) is 3.84. The smallest absolute Gasteiger partial charge is 0.257 e. The fourth-order valence-corrected chi connectivity index (χ4v) is 2.14. The molecule has 2 aromatic rings. The molecular formula is C16H16ClFN2O. The topological polar surface area (TPSA) is 41.1 Å². The van der Waals surface area contributed by atoms with Crippen molar-refractivity contribution in [2.24, 2.45) is 0 Å². The number of carbonyl (C=O) groups excluding carboxylic acids is 1. The molecule has 3 nitrogen and oxygen atoms in total. The van der Waals surface area contributed by atoms with Crippen LogP contribution in [-0.2, 0) is 6.54 Å². The Morgan fingerprint density at radius 2 is 1.95 bits per heavy atom. The number of halogens is 2. The number of anilines is 1. The molecule has 0 unspecified atom stereocenters. The quantitative estimate of drug-likeness (QED) is 0.881. The highest BCUT2D eigenvalue weighted by Crippen LogP contribution is 2.22. The van der Waals surface area contributed by atoms with Gasteiger partial charge in [0.1, 0.15) is 5.82 Å². The fourth-order valence-electron chi connectivity index (χ4n) is 1.92. The molecule has 0 spiro atoms. The molecule has 0 radical (unpaired) electrons. The van der Waals surface area contributed by atoms with Crippen LogP contribution < -0.4 is 10.6 Å². The molecule has 2 N–H and O–H groups in total. The molecule has 0 aliphatic rings. The first-order valence-corrected chi connectivity index (χ1v) is 7.05. The lowest BCUT2D eigenvalue weighted by molar-refractivity contribution is 0.102. The summed E-state index contributed by atoms with van der Waals surface area (Å²) in [6.07, 6.45) is 0. The van der Waals surface area contributed by atoms with E-state index in [1.54, 1.807) is 6.07 Å². The zero-order chi connectivity index (χ0) is 15.2. The van der Waals surface area contributed by atoms with Gasteiger partial charge in [-0.15, -0.1) is 0 Å². The van der Waals surface area contributed by atoms with E-state index in [4.69, 9.17) is 11.6 Å². The molecule has 0 fully saturated rings. The zero-order valence-corrected chi connectivity index (χ0v) is 12.4. The Morgan fingerprint density at radius 3 is 2.71 bits per heavy atom. The average Bonchev–Trinajstić information content (AvgIpc) is 2.49. The predicted molar refractivity (Wildman–Crippen MR) is 83.2 cm³/mol. The van der Waals surface area contributed by atoms with E-state index in [2.05, 4.69) is 10.6 Å². The minimum Gasteiger partial charge on any atom is -0.322 e. The molecule has 0 atom stereocenters. The zero-order valence-electron chi connectivity index (χ0n) is 11.6. The van der Waals surface area contributed by atoms with Crippen molar-refractivity contribution in [1.82, 2.24) is 5.32 Å². The van der Waals surface area contributed by atoms with Crippen molar-refractivity contribution >= 4 is 23.2 Å². The molecule has 0 saturated carbocycles. The standard InChI is InChI=1S/C16H16ClFN2O/c1-2-19-10-11-6-3-4-9-14(11)20-16(21)12-7-5-8-13(18)15(12)17/h3-9,19H,2,10H2,1H3,(H,20,21). The van der Waals surface area contributed by atoms with E-state index < -0.39 is 11.7 Å². The Balaban J connectivity index is 2.22. The van der Waals surface area contributed by atoms with E-state index in [9.17, 15) is 9.18 Å². The van der Waals surface area contributed by atoms with Crippen LogP contribution in [0.25, 0.3) is 0 Å². The summed E-state index contributed by atoms with van der Waals surface area (Å²) in [5, 5.41) is 5.81. The third kappa shape index (κ3) is 3.80. The van der Waals surface area contributed by atoms with Crippen LogP contribution in [-0.4, -0.2) is 12.5 Å². The molecule has 110 valence electrons. The second-order valence-corrected chi connectivity index (χ2v) is 4.87. The van der Waals surface area contributed by atoms with Gasteiger partial charge in [-0.25, -0.2) is 4.39 Å². The molecule has 5 heteroatoms. The van der Waals surface area contributed by atoms with Gasteiger partial charge >= 0.3 is 0 Å². The average molecular weight is 307 g/mol. The van der Waals surface area contributed by atoms with Gasteiger partial charge in [0.25, 0.3) is 5.91 Å². The van der Waals surface area contributed by atoms with E-state index in [0.29, 0.717) is 12.2 Å². The maximum absolute atomic E-state index is 13.4. The van der Waals surface area contributed by atoms with Crippen LogP contribution in [0.3, 0.4) is 0 Å². The number of hydrogen-bond donors (Lipinski definition) is 2. The van der Waals surface area contributed by atoms with Crippen molar-refractivity contribution < 1.29 is 9.18 Å². The molecule has 0 saturated heterocycles. The SMILES string of the molecule is CCNCc1ccccc1NC(=O)c1cccc(F)c1Cl. The first kappa shape index (κ1) is 15.5. The molecule has 21 heavy (non-hydrogen) atoms. The van der Waals surface area contributed by atoms with Gasteiger partial charge in [0, 0.05) is 12.2 Å². The van der Waals surface area contributed by atoms with E-state index in [1.807, 2.05) is 25.1 Å². The number of hydrogen-bond acceptors (Lipinski definition) is 2. The van der Waals surface area contributed by atoms with Crippen molar-refractivity contribution in [3.8, 4) is 0 Å². The molecule has 0 heterocycles. The van der Waals surface area contributed by atoms with Gasteiger partial charge in [0.15, 0.2) is 0 Å². The highest BCUT2D eigenvalue weighted by Gasteiger charge is 2.14. The van der Waals surface area contributed by atoms with Crippen LogP contribution in [0.2, 0.25) is 5.02 Å². The summed E-state index contributed by atoms with van der Waals surface area (Å²) < 4.78 is 13.4. The van der Waals surface area contributed by atoms with Gasteiger partial charge in [-0.1, -0.05) is 42.8 Å². The third-order valence-corrected chi connectivity index (χ3v) is 3.41. The summed E-state index contributed by atoms with van der Waals surface area (Å²) in [5.41, 5.74) is 1.76. The molecule has 2 rings (SSSR count). The second kappa shape index (κ2) is 7.20. The second-order valence-electron chi connectivity index (χ2n) is 4.49. The lowest BCUT2D eigenvalue weighted by Gasteiger charge is -2.12. The maximum Gasteiger partial charge on any atom is 0.257 e. The van der Waals surface area contributed by atoms with Gasteiger partial charge in [-0.05, 0) is 30.3 Å². The summed E-state index contributed by atoms with van der Waals surface area (Å²) in [7, 11) is 0. The normalized spacial score (nSPS) is 10.4. The van der Waals surface area contributed by atoms with Crippen molar-refractivity contribution in [2.45, 2.75) is 13.5 Å². The van der Waals surface area contributed by atoms with Crippen LogP contribution in [0.5, 0.6) is 0 Å². The molecular weight excluding hydrogens is 291 g/mol. The summed E-state index contributed by atoms with van der Waals surface area (Å²) in [4.78, 5) is 12.2. The number of para-hydroxylation sites is 1. The van der Waals surface area contributed by atoms with Crippen molar-refractivity contribution in [3.63, 3.8) is 0 Å². The van der Waals surface area contributed by atoms with Gasteiger partial charge in [0.2, 0.25) is 0 Å². The Bertz CT molecular complexity index is 646. The highest BCUT2D eigenvalue weighted by atomic mass is 35.5. The van der Waals surface area contributed by atoms with E-state index in [-0.39, 0.29) is 10.6 Å². The minimum atomic E-state index is -0.606. The lowest BCUT2D eigenvalue weighted by Crippen LogP contribution is -2.17. The van der Waals surface area contributed by atoms with Crippen LogP contribution >= 0.6 is 11.6 Å². The number of rotatable bonds is 5. The van der Waals surface area contributed by atoms with Crippen molar-refractivity contribution in [1.29, 1.82) is 0 Å². The summed E-state index contributed by atoms with van der Waals surface area (Å²) in [5.74, 6) is -1.03. The molecule has 1 amide bonds. The maximum atomic E-state index is 13.4. The Kier molecular flexibility index (Phi) is 5.31. The van der Waals surface area contributed by atoms with Gasteiger partial charge in [-0.2, -0.15) is 0 Å². The Morgan fingerprint density at radius 1 is 1.19 bits per heavy atom. The molecule has 0 aliphatic carbocycles. The highest BCUT2D eigenvalue weighted by molar-refractivity contribution is 6.34.